The maximum atomic E-state index is 11.6. The summed E-state index contributed by atoms with van der Waals surface area (Å²) < 4.78 is 11.5. The fourth-order valence-electron chi connectivity index (χ4n) is 2.57. The zero-order valence-corrected chi connectivity index (χ0v) is 15.0. The summed E-state index contributed by atoms with van der Waals surface area (Å²) >= 11 is 0. The molecule has 0 aliphatic heterocycles. The van der Waals surface area contributed by atoms with Gasteiger partial charge in [-0.05, 0) is 24.5 Å². The molecule has 3 nitrogen and oxygen atoms in total. The van der Waals surface area contributed by atoms with Crippen molar-refractivity contribution in [1.29, 1.82) is 0 Å². The molecule has 0 amide bonds. The van der Waals surface area contributed by atoms with Crippen LogP contribution in [0.15, 0.2) is 72.8 Å². The molecule has 0 spiro atoms. The molecule has 0 radical (unpaired) electrons. The number of hydrogen-bond acceptors (Lipinski definition) is 3. The maximum Gasteiger partial charge on any atom is 0.370 e. The van der Waals surface area contributed by atoms with Crippen LogP contribution in [0.2, 0.25) is 0 Å². The lowest BCUT2D eigenvalue weighted by atomic mass is 9.84. The average Bonchev–Trinajstić information content (AvgIpc) is 2.60. The van der Waals surface area contributed by atoms with Crippen LogP contribution in [0.4, 0.5) is 0 Å². The molecule has 0 aliphatic rings. The molecule has 2 rings (SSSR count). The fraction of sp³-hybridized carbons (Fsp3) is 0.211. The van der Waals surface area contributed by atoms with Crippen molar-refractivity contribution in [2.75, 3.05) is 0 Å². The first kappa shape index (κ1) is 17.2. The van der Waals surface area contributed by atoms with Gasteiger partial charge in [-0.25, -0.2) is 4.79 Å². The Balaban J connectivity index is 2.31. The van der Waals surface area contributed by atoms with Crippen molar-refractivity contribution in [1.82, 2.24) is 0 Å². The van der Waals surface area contributed by atoms with Gasteiger partial charge in [0.25, 0.3) is 0 Å². The lowest BCUT2D eigenvalue weighted by Gasteiger charge is -2.34. The fourth-order valence-corrected chi connectivity index (χ4v) is 3.72. The summed E-state index contributed by atoms with van der Waals surface area (Å²) in [4.78, 5) is 11.6. The van der Waals surface area contributed by atoms with Crippen molar-refractivity contribution in [3.63, 3.8) is 0 Å². The van der Waals surface area contributed by atoms with Gasteiger partial charge in [-0.15, -0.1) is 0 Å². The molecule has 0 unspecified atom stereocenters. The Bertz CT molecular complexity index is 613. The third kappa shape index (κ3) is 3.97. The van der Waals surface area contributed by atoms with Gasteiger partial charge < -0.3 is 8.85 Å². The Morgan fingerprint density at radius 3 is 1.91 bits per heavy atom. The van der Waals surface area contributed by atoms with E-state index in [1.807, 2.05) is 60.7 Å². The Morgan fingerprint density at radius 2 is 1.52 bits per heavy atom. The Labute approximate surface area is 140 Å². The van der Waals surface area contributed by atoms with E-state index in [-0.39, 0.29) is 5.97 Å². The van der Waals surface area contributed by atoms with Crippen LogP contribution in [-0.2, 0) is 19.2 Å². The molecule has 0 saturated carbocycles. The number of benzene rings is 2. The minimum atomic E-state index is -1.49. The molecule has 0 saturated heterocycles. The van der Waals surface area contributed by atoms with Gasteiger partial charge in [0.05, 0.1) is 0 Å². The predicted octanol–water partition coefficient (Wildman–Crippen LogP) is 3.47. The van der Waals surface area contributed by atoms with Crippen molar-refractivity contribution in [3.8, 4) is 0 Å². The minimum Gasteiger partial charge on any atom is -0.496 e. The topological polar surface area (TPSA) is 35.5 Å². The van der Waals surface area contributed by atoms with Crippen molar-refractivity contribution < 1.29 is 13.6 Å². The third-order valence-electron chi connectivity index (χ3n) is 3.82. The zero-order valence-electron chi connectivity index (χ0n) is 13.6. The molecule has 23 heavy (non-hydrogen) atoms. The molecule has 2 aromatic rings. The van der Waals surface area contributed by atoms with E-state index >= 15 is 0 Å². The third-order valence-corrected chi connectivity index (χ3v) is 4.81. The predicted molar refractivity (Wildman–Crippen MR) is 94.5 cm³/mol. The highest BCUT2D eigenvalue weighted by atomic mass is 28.3. The summed E-state index contributed by atoms with van der Waals surface area (Å²) in [6.07, 6.45) is 0.749. The number of rotatable bonds is 7. The molecule has 0 fully saturated rings. The smallest absolute Gasteiger partial charge is 0.370 e. The first-order valence-electron chi connectivity index (χ1n) is 7.68. The highest BCUT2D eigenvalue weighted by molar-refractivity contribution is 6.24. The second-order valence-electron chi connectivity index (χ2n) is 5.39. The molecule has 2 aromatic carbocycles. The maximum absolute atomic E-state index is 11.6. The number of carbonyl (C=O) groups is 1. The Kier molecular flexibility index (Phi) is 5.90. The SMILES string of the molecule is C=C(C)C(=O)O[SiH2]OC(CC)(c1ccccc1)c1ccccc1. The number of carbonyl (C=O) groups excluding carboxylic acids is 1. The molecule has 0 heterocycles. The quantitative estimate of drug-likeness (QED) is 0.577. The lowest BCUT2D eigenvalue weighted by Crippen LogP contribution is -2.33. The first-order valence-corrected chi connectivity index (χ1v) is 8.83. The van der Waals surface area contributed by atoms with E-state index in [9.17, 15) is 4.79 Å². The van der Waals surface area contributed by atoms with E-state index in [2.05, 4.69) is 13.5 Å². The Hall–Kier alpha value is -2.17. The summed E-state index contributed by atoms with van der Waals surface area (Å²) in [6.45, 7) is 7.31. The molecule has 120 valence electrons. The van der Waals surface area contributed by atoms with E-state index in [1.165, 1.54) is 0 Å². The van der Waals surface area contributed by atoms with Crippen LogP contribution >= 0.6 is 0 Å². The summed E-state index contributed by atoms with van der Waals surface area (Å²) in [5.41, 5.74) is 1.92. The second-order valence-corrected chi connectivity index (χ2v) is 6.20. The van der Waals surface area contributed by atoms with E-state index in [1.54, 1.807) is 6.92 Å². The molecule has 0 bridgehead atoms. The summed E-state index contributed by atoms with van der Waals surface area (Å²) in [7, 11) is -1.49. The van der Waals surface area contributed by atoms with Gasteiger partial charge in [-0.3, -0.25) is 0 Å². The first-order chi connectivity index (χ1) is 11.1. The van der Waals surface area contributed by atoms with Crippen LogP contribution in [0.1, 0.15) is 31.4 Å². The van der Waals surface area contributed by atoms with E-state index in [0.29, 0.717) is 5.57 Å². The van der Waals surface area contributed by atoms with Gasteiger partial charge in [0, 0.05) is 5.57 Å². The van der Waals surface area contributed by atoms with Gasteiger partial charge in [-0.2, -0.15) is 0 Å². The summed E-state index contributed by atoms with van der Waals surface area (Å²) in [6, 6.07) is 20.1. The van der Waals surface area contributed by atoms with E-state index < -0.39 is 15.6 Å². The molecule has 4 heteroatoms. The largest absolute Gasteiger partial charge is 0.496 e. The molecule has 0 aliphatic carbocycles. The average molecular weight is 326 g/mol. The summed E-state index contributed by atoms with van der Waals surface area (Å²) in [5.74, 6) is -0.386. The van der Waals surface area contributed by atoms with Gasteiger partial charge >= 0.3 is 16.0 Å². The van der Waals surface area contributed by atoms with Gasteiger partial charge in [0.15, 0.2) is 0 Å². The van der Waals surface area contributed by atoms with Crippen LogP contribution in [0, 0.1) is 0 Å². The van der Waals surface area contributed by atoms with Crippen LogP contribution in [0.3, 0.4) is 0 Å². The van der Waals surface area contributed by atoms with Crippen molar-refractivity contribution in [2.45, 2.75) is 25.9 Å². The highest BCUT2D eigenvalue weighted by Gasteiger charge is 2.33. The van der Waals surface area contributed by atoms with Crippen LogP contribution in [0.25, 0.3) is 0 Å². The van der Waals surface area contributed by atoms with Crippen LogP contribution in [-0.4, -0.2) is 16.0 Å². The van der Waals surface area contributed by atoms with Crippen molar-refractivity contribution in [3.05, 3.63) is 83.9 Å². The van der Waals surface area contributed by atoms with Gasteiger partial charge in [0.1, 0.15) is 5.60 Å². The normalized spacial score (nSPS) is 11.6. The van der Waals surface area contributed by atoms with Crippen LogP contribution in [0.5, 0.6) is 0 Å². The Morgan fingerprint density at radius 1 is 1.04 bits per heavy atom. The monoisotopic (exact) mass is 326 g/mol. The minimum absolute atomic E-state index is 0.386. The number of hydrogen-bond donors (Lipinski definition) is 0. The second kappa shape index (κ2) is 7.90. The molecule has 0 aromatic heterocycles. The van der Waals surface area contributed by atoms with Crippen LogP contribution < -0.4 is 0 Å². The molecular weight excluding hydrogens is 304 g/mol. The van der Waals surface area contributed by atoms with E-state index in [0.717, 1.165) is 17.5 Å². The van der Waals surface area contributed by atoms with E-state index in [4.69, 9.17) is 8.85 Å². The van der Waals surface area contributed by atoms with Gasteiger partial charge in [0.2, 0.25) is 0 Å². The highest BCUT2D eigenvalue weighted by Crippen LogP contribution is 2.36. The van der Waals surface area contributed by atoms with Gasteiger partial charge in [-0.1, -0.05) is 74.2 Å². The summed E-state index contributed by atoms with van der Waals surface area (Å²) in [5, 5.41) is 0. The zero-order chi connectivity index (χ0) is 16.7. The lowest BCUT2D eigenvalue weighted by molar-refractivity contribution is -0.131. The molecule has 0 atom stereocenters. The van der Waals surface area contributed by atoms with Crippen molar-refractivity contribution >= 4 is 16.0 Å². The molecule has 0 N–H and O–H groups in total. The molecular formula is C19H22O3Si. The standard InChI is InChI=1S/C19H22O3Si/c1-4-19(16-11-7-5-8-12-16,17-13-9-6-10-14-17)22-23-21-18(20)15(2)3/h5-14H,2,4,23H2,1,3H3. The van der Waals surface area contributed by atoms with Crippen molar-refractivity contribution in [2.24, 2.45) is 0 Å².